The monoisotopic (exact) mass is 206 g/mol. The van der Waals surface area contributed by atoms with E-state index in [-0.39, 0.29) is 0 Å². The van der Waals surface area contributed by atoms with Crippen LogP contribution in [0.5, 0.6) is 0 Å². The van der Waals surface area contributed by atoms with E-state index in [9.17, 15) is 0 Å². The number of rotatable bonds is 1. The Balaban J connectivity index is 2.62. The predicted molar refractivity (Wildman–Crippen MR) is 60.4 cm³/mol. The molecule has 0 aliphatic rings. The van der Waals surface area contributed by atoms with Gasteiger partial charge in [-0.05, 0) is 30.7 Å². The first kappa shape index (κ1) is 9.16. The molecule has 0 saturated heterocycles. The van der Waals surface area contributed by atoms with Crippen molar-refractivity contribution in [1.82, 2.24) is 4.98 Å². The average Bonchev–Trinajstić information content (AvgIpc) is 2.56. The normalized spacial score (nSPS) is 10.4. The van der Waals surface area contributed by atoms with Crippen molar-refractivity contribution in [3.63, 3.8) is 0 Å². The highest BCUT2D eigenvalue weighted by Crippen LogP contribution is 2.29. The largest absolute Gasteiger partial charge is 0.397 e. The second-order valence-corrected chi connectivity index (χ2v) is 3.70. The molecule has 3 N–H and O–H groups in total. The van der Waals surface area contributed by atoms with Crippen LogP contribution in [0.1, 0.15) is 5.56 Å². The molecular weight excluding hydrogens is 196 g/mol. The zero-order valence-electron chi connectivity index (χ0n) is 7.84. The van der Waals surface area contributed by atoms with Crippen LogP contribution >= 0.6 is 11.6 Å². The molecule has 1 aromatic carbocycles. The fourth-order valence-corrected chi connectivity index (χ4v) is 1.65. The first-order chi connectivity index (χ1) is 6.68. The van der Waals surface area contributed by atoms with E-state index >= 15 is 0 Å². The topological polar surface area (TPSA) is 41.8 Å². The quantitative estimate of drug-likeness (QED) is 0.739. The molecule has 2 rings (SSSR count). The fourth-order valence-electron chi connectivity index (χ4n) is 1.48. The van der Waals surface area contributed by atoms with Gasteiger partial charge in [0.25, 0.3) is 0 Å². The van der Waals surface area contributed by atoms with E-state index in [0.29, 0.717) is 0 Å². The first-order valence-corrected chi connectivity index (χ1v) is 4.75. The molecule has 0 bridgehead atoms. The second-order valence-electron chi connectivity index (χ2n) is 3.27. The van der Waals surface area contributed by atoms with Crippen LogP contribution in [0.15, 0.2) is 30.5 Å². The van der Waals surface area contributed by atoms with Gasteiger partial charge in [-0.25, -0.2) is 0 Å². The van der Waals surface area contributed by atoms with Gasteiger partial charge in [0.2, 0.25) is 0 Å². The highest BCUT2D eigenvalue weighted by atomic mass is 35.5. The molecule has 0 amide bonds. The van der Waals surface area contributed by atoms with Crippen LogP contribution < -0.4 is 5.73 Å². The van der Waals surface area contributed by atoms with E-state index in [1.807, 2.05) is 37.4 Å². The maximum atomic E-state index is 5.93. The van der Waals surface area contributed by atoms with Crippen molar-refractivity contribution in [2.45, 2.75) is 6.92 Å². The SMILES string of the molecule is Cc1ccc(Cl)cc1-c1[nH]ccc1N. The zero-order chi connectivity index (χ0) is 10.1. The summed E-state index contributed by atoms with van der Waals surface area (Å²) >= 11 is 5.93. The highest BCUT2D eigenvalue weighted by molar-refractivity contribution is 6.30. The molecule has 1 heterocycles. The summed E-state index contributed by atoms with van der Waals surface area (Å²) in [4.78, 5) is 3.11. The number of aromatic amines is 1. The van der Waals surface area contributed by atoms with Crippen molar-refractivity contribution >= 4 is 17.3 Å². The Labute approximate surface area is 87.7 Å². The van der Waals surface area contributed by atoms with Gasteiger partial charge in [0, 0.05) is 16.8 Å². The van der Waals surface area contributed by atoms with Crippen molar-refractivity contribution < 1.29 is 0 Å². The van der Waals surface area contributed by atoms with Crippen molar-refractivity contribution in [1.29, 1.82) is 0 Å². The summed E-state index contributed by atoms with van der Waals surface area (Å²) in [5, 5.41) is 0.722. The van der Waals surface area contributed by atoms with Gasteiger partial charge in [-0.3, -0.25) is 0 Å². The number of nitrogen functional groups attached to an aromatic ring is 1. The first-order valence-electron chi connectivity index (χ1n) is 4.38. The maximum absolute atomic E-state index is 5.93. The van der Waals surface area contributed by atoms with Crippen molar-refractivity contribution in [2.24, 2.45) is 0 Å². The van der Waals surface area contributed by atoms with Gasteiger partial charge < -0.3 is 10.7 Å². The van der Waals surface area contributed by atoms with Crippen molar-refractivity contribution in [3.8, 4) is 11.3 Å². The highest BCUT2D eigenvalue weighted by Gasteiger charge is 2.06. The number of aryl methyl sites for hydroxylation is 1. The van der Waals surface area contributed by atoms with Crippen LogP contribution in [0.4, 0.5) is 5.69 Å². The lowest BCUT2D eigenvalue weighted by molar-refractivity contribution is 1.37. The molecule has 2 nitrogen and oxygen atoms in total. The number of nitrogens with two attached hydrogens (primary N) is 1. The van der Waals surface area contributed by atoms with Gasteiger partial charge in [-0.1, -0.05) is 17.7 Å². The summed E-state index contributed by atoms with van der Waals surface area (Å²) in [5.41, 5.74) is 9.71. The van der Waals surface area contributed by atoms with Crippen LogP contribution in [-0.2, 0) is 0 Å². The van der Waals surface area contributed by atoms with E-state index in [2.05, 4.69) is 4.98 Å². The fraction of sp³-hybridized carbons (Fsp3) is 0.0909. The Hall–Kier alpha value is -1.41. The standard InChI is InChI=1S/C11H11ClN2/c1-7-2-3-8(12)6-9(7)11-10(13)4-5-14-11/h2-6,14H,13H2,1H3. The number of anilines is 1. The maximum Gasteiger partial charge on any atom is 0.0690 e. The number of hydrogen-bond acceptors (Lipinski definition) is 1. The Morgan fingerprint density at radius 2 is 2.07 bits per heavy atom. The summed E-state index contributed by atoms with van der Waals surface area (Å²) in [6.45, 7) is 2.03. The minimum Gasteiger partial charge on any atom is -0.397 e. The van der Waals surface area contributed by atoms with E-state index in [0.717, 1.165) is 27.5 Å². The molecule has 0 saturated carbocycles. The summed E-state index contributed by atoms with van der Waals surface area (Å²) in [6.07, 6.45) is 1.82. The van der Waals surface area contributed by atoms with Crippen LogP contribution in [0.2, 0.25) is 5.02 Å². The zero-order valence-corrected chi connectivity index (χ0v) is 8.60. The number of halogens is 1. The molecule has 0 aliphatic heterocycles. The minimum atomic E-state index is 0.722. The van der Waals surface area contributed by atoms with Crippen LogP contribution in [0.3, 0.4) is 0 Å². The smallest absolute Gasteiger partial charge is 0.0690 e. The third-order valence-corrected chi connectivity index (χ3v) is 2.48. The summed E-state index contributed by atoms with van der Waals surface area (Å²) in [5.74, 6) is 0. The Kier molecular flexibility index (Phi) is 2.22. The van der Waals surface area contributed by atoms with Crippen LogP contribution in [-0.4, -0.2) is 4.98 Å². The van der Waals surface area contributed by atoms with E-state index in [4.69, 9.17) is 17.3 Å². The Morgan fingerprint density at radius 1 is 1.29 bits per heavy atom. The third-order valence-electron chi connectivity index (χ3n) is 2.25. The Bertz CT molecular complexity index is 460. The second kappa shape index (κ2) is 3.39. The van der Waals surface area contributed by atoms with E-state index < -0.39 is 0 Å². The molecule has 14 heavy (non-hydrogen) atoms. The van der Waals surface area contributed by atoms with Gasteiger partial charge in [0.05, 0.1) is 11.4 Å². The molecule has 0 fully saturated rings. The lowest BCUT2D eigenvalue weighted by atomic mass is 10.1. The van der Waals surface area contributed by atoms with Gasteiger partial charge in [0.1, 0.15) is 0 Å². The number of hydrogen-bond donors (Lipinski definition) is 2. The molecule has 0 unspecified atom stereocenters. The number of H-pyrrole nitrogens is 1. The van der Waals surface area contributed by atoms with Gasteiger partial charge in [-0.15, -0.1) is 0 Å². The summed E-state index contributed by atoms with van der Waals surface area (Å²) < 4.78 is 0. The van der Waals surface area contributed by atoms with Gasteiger partial charge >= 0.3 is 0 Å². The summed E-state index contributed by atoms with van der Waals surface area (Å²) in [7, 11) is 0. The minimum absolute atomic E-state index is 0.722. The molecular formula is C11H11ClN2. The predicted octanol–water partition coefficient (Wildman–Crippen LogP) is 3.23. The van der Waals surface area contributed by atoms with Crippen molar-refractivity contribution in [3.05, 3.63) is 41.0 Å². The lowest BCUT2D eigenvalue weighted by Crippen LogP contribution is -1.89. The van der Waals surface area contributed by atoms with E-state index in [1.54, 1.807) is 0 Å². The Morgan fingerprint density at radius 3 is 2.71 bits per heavy atom. The average molecular weight is 207 g/mol. The molecule has 72 valence electrons. The van der Waals surface area contributed by atoms with Gasteiger partial charge in [-0.2, -0.15) is 0 Å². The molecule has 0 radical (unpaired) electrons. The third kappa shape index (κ3) is 1.49. The number of nitrogens with one attached hydrogen (secondary N) is 1. The van der Waals surface area contributed by atoms with Crippen LogP contribution in [0.25, 0.3) is 11.3 Å². The number of benzene rings is 1. The number of aromatic nitrogens is 1. The summed E-state index contributed by atoms with van der Waals surface area (Å²) in [6, 6.07) is 7.62. The molecule has 0 aliphatic carbocycles. The molecule has 0 atom stereocenters. The molecule has 0 spiro atoms. The van der Waals surface area contributed by atoms with Gasteiger partial charge in [0.15, 0.2) is 0 Å². The molecule has 1 aromatic heterocycles. The van der Waals surface area contributed by atoms with Crippen molar-refractivity contribution in [2.75, 3.05) is 5.73 Å². The molecule has 2 aromatic rings. The molecule has 3 heteroatoms. The van der Waals surface area contributed by atoms with Crippen LogP contribution in [0, 0.1) is 6.92 Å². The van der Waals surface area contributed by atoms with E-state index in [1.165, 1.54) is 0 Å². The lowest BCUT2D eigenvalue weighted by Gasteiger charge is -2.05.